The van der Waals surface area contributed by atoms with Gasteiger partial charge in [0, 0.05) is 6.42 Å². The molecule has 0 spiro atoms. The van der Waals surface area contributed by atoms with Crippen LogP contribution in [0.4, 0.5) is 0 Å². The van der Waals surface area contributed by atoms with E-state index in [2.05, 4.69) is 41.8 Å². The molecular formula is C19H29ClN2O. The third-order valence-corrected chi connectivity index (χ3v) is 5.61. The lowest BCUT2D eigenvalue weighted by Crippen LogP contribution is -2.51. The predicted octanol–water partition coefficient (Wildman–Crippen LogP) is 3.63. The molecule has 2 N–H and O–H groups in total. The average Bonchev–Trinajstić information content (AvgIpc) is 2.52. The highest BCUT2D eigenvalue weighted by Gasteiger charge is 2.40. The molecule has 0 radical (unpaired) electrons. The number of carbonyl (C=O) groups excluding carboxylic acids is 1. The van der Waals surface area contributed by atoms with Gasteiger partial charge in [0.25, 0.3) is 0 Å². The van der Waals surface area contributed by atoms with E-state index >= 15 is 0 Å². The van der Waals surface area contributed by atoms with Crippen molar-refractivity contribution in [1.29, 1.82) is 0 Å². The van der Waals surface area contributed by atoms with Crippen LogP contribution in [0.5, 0.6) is 0 Å². The van der Waals surface area contributed by atoms with Gasteiger partial charge in [-0.3, -0.25) is 4.79 Å². The summed E-state index contributed by atoms with van der Waals surface area (Å²) in [5.74, 6) is 1.41. The molecule has 1 heterocycles. The maximum Gasteiger partial charge on any atom is 0.220 e. The van der Waals surface area contributed by atoms with Gasteiger partial charge < -0.3 is 10.6 Å². The number of amides is 1. The number of rotatable bonds is 5. The Morgan fingerprint density at radius 1 is 1.26 bits per heavy atom. The molecule has 1 saturated heterocycles. The van der Waals surface area contributed by atoms with E-state index in [-0.39, 0.29) is 23.9 Å². The number of halogens is 1. The minimum Gasteiger partial charge on any atom is -0.347 e. The SMILES string of the molecule is CC(CC(=O)NC1(c2ccccc2)CCC1)C1CCNCC1.Cl. The third kappa shape index (κ3) is 4.27. The van der Waals surface area contributed by atoms with Crippen LogP contribution in [0.15, 0.2) is 30.3 Å². The van der Waals surface area contributed by atoms with Crippen LogP contribution in [-0.2, 0) is 10.3 Å². The van der Waals surface area contributed by atoms with Gasteiger partial charge in [0.05, 0.1) is 5.54 Å². The zero-order chi connectivity index (χ0) is 15.4. The first-order valence-electron chi connectivity index (χ1n) is 8.77. The van der Waals surface area contributed by atoms with Crippen LogP contribution in [0, 0.1) is 11.8 Å². The molecule has 0 bridgehead atoms. The Kier molecular flexibility index (Phi) is 6.49. The Bertz CT molecular complexity index is 495. The zero-order valence-electron chi connectivity index (χ0n) is 14.0. The van der Waals surface area contributed by atoms with E-state index in [0.29, 0.717) is 18.3 Å². The van der Waals surface area contributed by atoms with E-state index in [1.807, 2.05) is 6.07 Å². The smallest absolute Gasteiger partial charge is 0.220 e. The Labute approximate surface area is 146 Å². The Balaban J connectivity index is 0.00000192. The van der Waals surface area contributed by atoms with Crippen LogP contribution in [0.3, 0.4) is 0 Å². The van der Waals surface area contributed by atoms with Crippen LogP contribution in [0.25, 0.3) is 0 Å². The molecule has 4 heteroatoms. The van der Waals surface area contributed by atoms with Crippen molar-refractivity contribution in [3.05, 3.63) is 35.9 Å². The Morgan fingerprint density at radius 3 is 2.48 bits per heavy atom. The zero-order valence-corrected chi connectivity index (χ0v) is 14.8. The van der Waals surface area contributed by atoms with E-state index in [1.165, 1.54) is 24.8 Å². The lowest BCUT2D eigenvalue weighted by molar-refractivity contribution is -0.125. The van der Waals surface area contributed by atoms with Gasteiger partial charge in [0.15, 0.2) is 0 Å². The van der Waals surface area contributed by atoms with Crippen molar-refractivity contribution in [2.75, 3.05) is 13.1 Å². The van der Waals surface area contributed by atoms with Crippen LogP contribution in [0.1, 0.15) is 51.0 Å². The van der Waals surface area contributed by atoms with Crippen molar-refractivity contribution < 1.29 is 4.79 Å². The van der Waals surface area contributed by atoms with Gasteiger partial charge in [-0.15, -0.1) is 12.4 Å². The maximum atomic E-state index is 12.6. The van der Waals surface area contributed by atoms with Gasteiger partial charge >= 0.3 is 0 Å². The molecule has 2 aliphatic rings. The first-order chi connectivity index (χ1) is 10.7. The van der Waals surface area contributed by atoms with Crippen LogP contribution < -0.4 is 10.6 Å². The summed E-state index contributed by atoms with van der Waals surface area (Å²) in [7, 11) is 0. The number of nitrogens with one attached hydrogen (secondary N) is 2. The predicted molar refractivity (Wildman–Crippen MR) is 96.7 cm³/mol. The summed E-state index contributed by atoms with van der Waals surface area (Å²) in [6.45, 7) is 4.45. The molecule has 1 atom stereocenters. The number of hydrogen-bond donors (Lipinski definition) is 2. The first-order valence-corrected chi connectivity index (χ1v) is 8.77. The van der Waals surface area contributed by atoms with E-state index in [0.717, 1.165) is 25.9 Å². The van der Waals surface area contributed by atoms with Crippen LogP contribution in [0.2, 0.25) is 0 Å². The number of hydrogen-bond acceptors (Lipinski definition) is 2. The number of piperidine rings is 1. The summed E-state index contributed by atoms with van der Waals surface area (Å²) in [5.41, 5.74) is 1.18. The van der Waals surface area contributed by atoms with Crippen molar-refractivity contribution in [3.8, 4) is 0 Å². The summed E-state index contributed by atoms with van der Waals surface area (Å²) in [6.07, 6.45) is 6.43. The molecule has 23 heavy (non-hydrogen) atoms. The molecule has 1 aliphatic carbocycles. The van der Waals surface area contributed by atoms with Crippen LogP contribution >= 0.6 is 12.4 Å². The van der Waals surface area contributed by atoms with Gasteiger partial charge in [0.1, 0.15) is 0 Å². The van der Waals surface area contributed by atoms with Crippen molar-refractivity contribution in [2.45, 2.75) is 51.0 Å². The number of carbonyl (C=O) groups is 1. The topological polar surface area (TPSA) is 41.1 Å². The maximum absolute atomic E-state index is 12.6. The molecule has 3 nitrogen and oxygen atoms in total. The summed E-state index contributed by atoms with van der Waals surface area (Å²) in [5, 5.41) is 6.76. The molecular weight excluding hydrogens is 308 g/mol. The van der Waals surface area contributed by atoms with Gasteiger partial charge in [-0.05, 0) is 62.6 Å². The summed E-state index contributed by atoms with van der Waals surface area (Å²) in [4.78, 5) is 12.6. The molecule has 1 unspecified atom stereocenters. The summed E-state index contributed by atoms with van der Waals surface area (Å²) >= 11 is 0. The highest BCUT2D eigenvalue weighted by molar-refractivity contribution is 5.85. The number of benzene rings is 1. The Morgan fingerprint density at radius 2 is 1.91 bits per heavy atom. The Hall–Kier alpha value is -1.06. The quantitative estimate of drug-likeness (QED) is 0.862. The molecule has 3 rings (SSSR count). The second kappa shape index (κ2) is 8.16. The molecule has 1 saturated carbocycles. The molecule has 1 aromatic rings. The fourth-order valence-corrected chi connectivity index (χ4v) is 3.96. The fourth-order valence-electron chi connectivity index (χ4n) is 3.96. The van der Waals surface area contributed by atoms with Crippen molar-refractivity contribution in [3.63, 3.8) is 0 Å². The minimum absolute atomic E-state index is 0. The lowest BCUT2D eigenvalue weighted by atomic mass is 9.71. The average molecular weight is 337 g/mol. The highest BCUT2D eigenvalue weighted by atomic mass is 35.5. The highest BCUT2D eigenvalue weighted by Crippen LogP contribution is 2.41. The van der Waals surface area contributed by atoms with Crippen molar-refractivity contribution >= 4 is 18.3 Å². The van der Waals surface area contributed by atoms with Gasteiger partial charge in [-0.25, -0.2) is 0 Å². The molecule has 1 aliphatic heterocycles. The van der Waals surface area contributed by atoms with E-state index < -0.39 is 0 Å². The first kappa shape index (κ1) is 18.3. The lowest BCUT2D eigenvalue weighted by Gasteiger charge is -2.43. The second-order valence-corrected chi connectivity index (χ2v) is 7.12. The molecule has 1 aromatic carbocycles. The molecule has 2 fully saturated rings. The molecule has 128 valence electrons. The van der Waals surface area contributed by atoms with Crippen molar-refractivity contribution in [1.82, 2.24) is 10.6 Å². The molecule has 1 amide bonds. The van der Waals surface area contributed by atoms with Crippen molar-refractivity contribution in [2.24, 2.45) is 11.8 Å². The normalized spacial score (nSPS) is 21.6. The van der Waals surface area contributed by atoms with Crippen LogP contribution in [-0.4, -0.2) is 19.0 Å². The van der Waals surface area contributed by atoms with E-state index in [9.17, 15) is 4.79 Å². The molecule has 0 aromatic heterocycles. The fraction of sp³-hybridized carbons (Fsp3) is 0.632. The van der Waals surface area contributed by atoms with Gasteiger partial charge in [-0.1, -0.05) is 37.3 Å². The van der Waals surface area contributed by atoms with Gasteiger partial charge in [-0.2, -0.15) is 0 Å². The second-order valence-electron chi connectivity index (χ2n) is 7.12. The standard InChI is InChI=1S/C19H28N2O.ClH/c1-15(16-8-12-20-13-9-16)14-18(22)21-19(10-5-11-19)17-6-3-2-4-7-17;/h2-4,6-7,15-16,20H,5,8-14H2,1H3,(H,21,22);1H. The minimum atomic E-state index is -0.0911. The summed E-state index contributed by atoms with van der Waals surface area (Å²) in [6, 6.07) is 10.5. The summed E-state index contributed by atoms with van der Waals surface area (Å²) < 4.78 is 0. The monoisotopic (exact) mass is 336 g/mol. The third-order valence-electron chi connectivity index (χ3n) is 5.61. The van der Waals surface area contributed by atoms with E-state index in [1.54, 1.807) is 0 Å². The largest absolute Gasteiger partial charge is 0.347 e. The van der Waals surface area contributed by atoms with Gasteiger partial charge in [0.2, 0.25) is 5.91 Å². The van der Waals surface area contributed by atoms with E-state index in [4.69, 9.17) is 0 Å².